The minimum atomic E-state index is -0.109. The van der Waals surface area contributed by atoms with Crippen LogP contribution in [0, 0.1) is 0 Å². The van der Waals surface area contributed by atoms with Crippen molar-refractivity contribution in [3.05, 3.63) is 0 Å². The standard InChI is InChI=1S/C10H19NO2S/c1-13-10(12)5-2-6-11-8-9-4-3-7-14-9/h9,11H,2-8H2,1H3. The first-order valence-electron chi connectivity index (χ1n) is 5.22. The van der Waals surface area contributed by atoms with Crippen molar-refractivity contribution in [2.24, 2.45) is 0 Å². The fourth-order valence-electron chi connectivity index (χ4n) is 1.53. The number of esters is 1. The Bertz CT molecular complexity index is 170. The minimum Gasteiger partial charge on any atom is -0.469 e. The third kappa shape index (κ3) is 4.86. The number of carbonyl (C=O) groups is 1. The third-order valence-corrected chi connectivity index (χ3v) is 3.76. The number of carbonyl (C=O) groups excluding carboxylic acids is 1. The van der Waals surface area contributed by atoms with Crippen LogP contribution in [0.5, 0.6) is 0 Å². The molecular formula is C10H19NO2S. The highest BCUT2D eigenvalue weighted by molar-refractivity contribution is 8.00. The number of ether oxygens (including phenoxy) is 1. The van der Waals surface area contributed by atoms with Crippen LogP contribution in [-0.4, -0.2) is 37.2 Å². The van der Waals surface area contributed by atoms with Gasteiger partial charge in [0.25, 0.3) is 0 Å². The van der Waals surface area contributed by atoms with E-state index in [-0.39, 0.29) is 5.97 Å². The summed E-state index contributed by atoms with van der Waals surface area (Å²) >= 11 is 2.06. The van der Waals surface area contributed by atoms with E-state index in [2.05, 4.69) is 21.8 Å². The molecule has 1 aliphatic heterocycles. The van der Waals surface area contributed by atoms with Crippen LogP contribution in [0.4, 0.5) is 0 Å². The molecule has 1 N–H and O–H groups in total. The highest BCUT2D eigenvalue weighted by Crippen LogP contribution is 2.25. The van der Waals surface area contributed by atoms with Gasteiger partial charge < -0.3 is 10.1 Å². The number of thioether (sulfide) groups is 1. The van der Waals surface area contributed by atoms with E-state index in [4.69, 9.17) is 0 Å². The first-order valence-corrected chi connectivity index (χ1v) is 6.27. The largest absolute Gasteiger partial charge is 0.469 e. The zero-order valence-corrected chi connectivity index (χ0v) is 9.57. The smallest absolute Gasteiger partial charge is 0.305 e. The maximum Gasteiger partial charge on any atom is 0.305 e. The van der Waals surface area contributed by atoms with Gasteiger partial charge in [0, 0.05) is 18.2 Å². The monoisotopic (exact) mass is 217 g/mol. The van der Waals surface area contributed by atoms with Gasteiger partial charge in [-0.3, -0.25) is 4.79 Å². The van der Waals surface area contributed by atoms with E-state index in [0.29, 0.717) is 6.42 Å². The van der Waals surface area contributed by atoms with Gasteiger partial charge in [-0.25, -0.2) is 0 Å². The average Bonchev–Trinajstić information content (AvgIpc) is 2.69. The fourth-order valence-corrected chi connectivity index (χ4v) is 2.76. The molecule has 14 heavy (non-hydrogen) atoms. The molecule has 0 aromatic carbocycles. The molecule has 0 spiro atoms. The van der Waals surface area contributed by atoms with Crippen LogP contribution < -0.4 is 5.32 Å². The first-order chi connectivity index (χ1) is 6.83. The van der Waals surface area contributed by atoms with E-state index in [9.17, 15) is 4.79 Å². The van der Waals surface area contributed by atoms with E-state index in [1.54, 1.807) is 0 Å². The summed E-state index contributed by atoms with van der Waals surface area (Å²) in [6.07, 6.45) is 4.11. The molecule has 1 unspecified atom stereocenters. The van der Waals surface area contributed by atoms with Crippen LogP contribution >= 0.6 is 11.8 Å². The van der Waals surface area contributed by atoms with Gasteiger partial charge in [0.2, 0.25) is 0 Å². The van der Waals surface area contributed by atoms with Gasteiger partial charge in [0.05, 0.1) is 7.11 Å². The summed E-state index contributed by atoms with van der Waals surface area (Å²) < 4.78 is 4.56. The lowest BCUT2D eigenvalue weighted by atomic mass is 10.2. The quantitative estimate of drug-likeness (QED) is 0.539. The summed E-state index contributed by atoms with van der Waals surface area (Å²) in [5, 5.41) is 4.18. The van der Waals surface area contributed by atoms with E-state index < -0.39 is 0 Å². The van der Waals surface area contributed by atoms with Gasteiger partial charge in [-0.2, -0.15) is 11.8 Å². The molecule has 82 valence electrons. The Morgan fingerprint density at radius 2 is 2.50 bits per heavy atom. The molecule has 0 saturated carbocycles. The lowest BCUT2D eigenvalue weighted by Gasteiger charge is -2.09. The maximum atomic E-state index is 10.8. The van der Waals surface area contributed by atoms with Gasteiger partial charge in [0.1, 0.15) is 0 Å². The van der Waals surface area contributed by atoms with Crippen LogP contribution in [-0.2, 0) is 9.53 Å². The van der Waals surface area contributed by atoms with Crippen LogP contribution in [0.15, 0.2) is 0 Å². The fraction of sp³-hybridized carbons (Fsp3) is 0.900. The third-order valence-electron chi connectivity index (χ3n) is 2.36. The number of nitrogens with one attached hydrogen (secondary N) is 1. The Morgan fingerprint density at radius 3 is 3.14 bits per heavy atom. The molecule has 0 aromatic rings. The average molecular weight is 217 g/mol. The molecule has 0 bridgehead atoms. The topological polar surface area (TPSA) is 38.3 Å². The summed E-state index contributed by atoms with van der Waals surface area (Å²) in [6.45, 7) is 2.01. The molecule has 0 radical (unpaired) electrons. The summed E-state index contributed by atoms with van der Waals surface area (Å²) in [5.41, 5.74) is 0. The van der Waals surface area contributed by atoms with Crippen molar-refractivity contribution in [3.8, 4) is 0 Å². The SMILES string of the molecule is COC(=O)CCCNCC1CCCS1. The second kappa shape index (κ2) is 7.12. The number of methoxy groups -OCH3 is 1. The van der Waals surface area contributed by atoms with Crippen LogP contribution in [0.3, 0.4) is 0 Å². The van der Waals surface area contributed by atoms with E-state index in [1.807, 2.05) is 0 Å². The summed E-state index contributed by atoms with van der Waals surface area (Å²) in [5.74, 6) is 1.20. The van der Waals surface area contributed by atoms with Crippen molar-refractivity contribution in [3.63, 3.8) is 0 Å². The van der Waals surface area contributed by atoms with Gasteiger partial charge in [-0.05, 0) is 31.6 Å². The molecule has 1 saturated heterocycles. The summed E-state index contributed by atoms with van der Waals surface area (Å²) in [7, 11) is 1.44. The van der Waals surface area contributed by atoms with Crippen LogP contribution in [0.25, 0.3) is 0 Å². The number of hydrogen-bond acceptors (Lipinski definition) is 4. The summed E-state index contributed by atoms with van der Waals surface area (Å²) in [4.78, 5) is 10.8. The molecule has 3 nitrogen and oxygen atoms in total. The van der Waals surface area contributed by atoms with Gasteiger partial charge >= 0.3 is 5.97 Å². The lowest BCUT2D eigenvalue weighted by Crippen LogP contribution is -2.24. The molecular weight excluding hydrogens is 198 g/mol. The van der Waals surface area contributed by atoms with Crippen LogP contribution in [0.2, 0.25) is 0 Å². The predicted molar refractivity (Wildman–Crippen MR) is 59.6 cm³/mol. The van der Waals surface area contributed by atoms with E-state index in [0.717, 1.165) is 24.8 Å². The van der Waals surface area contributed by atoms with Crippen molar-refractivity contribution < 1.29 is 9.53 Å². The normalized spacial score (nSPS) is 21.1. The molecule has 1 aliphatic rings. The molecule has 4 heteroatoms. The Morgan fingerprint density at radius 1 is 1.64 bits per heavy atom. The van der Waals surface area contributed by atoms with Crippen molar-refractivity contribution in [2.75, 3.05) is 26.0 Å². The molecule has 0 amide bonds. The maximum absolute atomic E-state index is 10.8. The zero-order chi connectivity index (χ0) is 10.2. The molecule has 0 aliphatic carbocycles. The highest BCUT2D eigenvalue weighted by Gasteiger charge is 2.14. The molecule has 1 rings (SSSR count). The van der Waals surface area contributed by atoms with E-state index in [1.165, 1.54) is 25.7 Å². The predicted octanol–water partition coefficient (Wildman–Crippen LogP) is 1.42. The molecule has 1 atom stereocenters. The second-order valence-corrected chi connectivity index (χ2v) is 4.93. The van der Waals surface area contributed by atoms with Crippen molar-refractivity contribution >= 4 is 17.7 Å². The van der Waals surface area contributed by atoms with Gasteiger partial charge in [-0.1, -0.05) is 0 Å². The van der Waals surface area contributed by atoms with Crippen molar-refractivity contribution in [1.29, 1.82) is 0 Å². The Hall–Kier alpha value is -0.220. The Balaban J connectivity index is 1.86. The first kappa shape index (κ1) is 11.9. The highest BCUT2D eigenvalue weighted by atomic mass is 32.2. The van der Waals surface area contributed by atoms with Crippen molar-refractivity contribution in [2.45, 2.75) is 30.9 Å². The van der Waals surface area contributed by atoms with Gasteiger partial charge in [0.15, 0.2) is 0 Å². The van der Waals surface area contributed by atoms with Crippen LogP contribution in [0.1, 0.15) is 25.7 Å². The lowest BCUT2D eigenvalue weighted by molar-refractivity contribution is -0.140. The van der Waals surface area contributed by atoms with E-state index >= 15 is 0 Å². The zero-order valence-electron chi connectivity index (χ0n) is 8.75. The van der Waals surface area contributed by atoms with Crippen molar-refractivity contribution in [1.82, 2.24) is 5.32 Å². The van der Waals surface area contributed by atoms with Gasteiger partial charge in [-0.15, -0.1) is 0 Å². The minimum absolute atomic E-state index is 0.109. The second-order valence-electron chi connectivity index (χ2n) is 3.52. The summed E-state index contributed by atoms with van der Waals surface area (Å²) in [6, 6.07) is 0. The Labute approximate surface area is 90.0 Å². The molecule has 1 heterocycles. The molecule has 0 aromatic heterocycles. The molecule has 1 fully saturated rings. The number of rotatable bonds is 6. The number of hydrogen-bond donors (Lipinski definition) is 1. The Kier molecular flexibility index (Phi) is 6.03.